The Kier molecular flexibility index (Phi) is 6.59. The zero-order valence-electron chi connectivity index (χ0n) is 14.3. The van der Waals surface area contributed by atoms with Gasteiger partial charge in [-0.1, -0.05) is 12.1 Å². The number of thiophene rings is 1. The van der Waals surface area contributed by atoms with Gasteiger partial charge in [0.05, 0.1) is 33.1 Å². The van der Waals surface area contributed by atoms with E-state index in [2.05, 4.69) is 31.5 Å². The number of benzene rings is 1. The number of hydrogen-bond donors (Lipinski definition) is 2. The Labute approximate surface area is 172 Å². The smallest absolute Gasteiger partial charge is 0.255 e. The summed E-state index contributed by atoms with van der Waals surface area (Å²) in [5, 5.41) is 7.67. The fraction of sp³-hybridized carbons (Fsp3) is 0.167. The van der Waals surface area contributed by atoms with Crippen LogP contribution < -0.4 is 15.4 Å². The first-order valence-corrected chi connectivity index (χ1v) is 10.6. The normalized spacial score (nSPS) is 10.4. The number of carbonyl (C=O) groups excluding carboxylic acids is 2. The molecule has 3 rings (SSSR count). The Hall–Kier alpha value is -2.23. The summed E-state index contributed by atoms with van der Waals surface area (Å²) in [6.45, 7) is 2.15. The van der Waals surface area contributed by atoms with Gasteiger partial charge in [-0.25, -0.2) is 4.98 Å². The molecule has 2 N–H and O–H groups in total. The van der Waals surface area contributed by atoms with Crippen molar-refractivity contribution in [3.8, 4) is 16.3 Å². The molecule has 0 spiro atoms. The number of ether oxygens (including phenoxy) is 1. The highest BCUT2D eigenvalue weighted by atomic mass is 79.9. The van der Waals surface area contributed by atoms with Crippen molar-refractivity contribution >= 4 is 55.5 Å². The van der Waals surface area contributed by atoms with Crippen LogP contribution in [0.5, 0.6) is 5.75 Å². The highest BCUT2D eigenvalue weighted by Crippen LogP contribution is 2.33. The molecule has 140 valence electrons. The SMILES string of the molecule is CCOc1ccccc1C(=O)NCC(=O)Nc1nc(-c2ccc(Br)s2)cs1. The Morgan fingerprint density at radius 1 is 1.22 bits per heavy atom. The van der Waals surface area contributed by atoms with E-state index in [1.54, 1.807) is 35.6 Å². The van der Waals surface area contributed by atoms with E-state index in [4.69, 9.17) is 4.74 Å². The largest absolute Gasteiger partial charge is 0.493 e. The van der Waals surface area contributed by atoms with Crippen LogP contribution in [0.25, 0.3) is 10.6 Å². The molecule has 0 unspecified atom stereocenters. The molecule has 9 heteroatoms. The molecule has 0 bridgehead atoms. The van der Waals surface area contributed by atoms with Crippen LogP contribution in [-0.2, 0) is 4.79 Å². The van der Waals surface area contributed by atoms with E-state index in [1.165, 1.54) is 11.3 Å². The fourth-order valence-electron chi connectivity index (χ4n) is 2.25. The van der Waals surface area contributed by atoms with E-state index in [9.17, 15) is 9.59 Å². The maximum Gasteiger partial charge on any atom is 0.255 e. The second-order valence-electron chi connectivity index (χ2n) is 5.30. The number of nitrogens with zero attached hydrogens (tertiary/aromatic N) is 1. The van der Waals surface area contributed by atoms with Gasteiger partial charge < -0.3 is 15.4 Å². The summed E-state index contributed by atoms with van der Waals surface area (Å²) >= 11 is 6.33. The fourth-order valence-corrected chi connectivity index (χ4v) is 4.40. The van der Waals surface area contributed by atoms with Gasteiger partial charge >= 0.3 is 0 Å². The maximum absolute atomic E-state index is 12.3. The highest BCUT2D eigenvalue weighted by Gasteiger charge is 2.14. The lowest BCUT2D eigenvalue weighted by Crippen LogP contribution is -2.33. The second kappa shape index (κ2) is 9.12. The number of thiazole rings is 1. The number of aromatic nitrogens is 1. The maximum atomic E-state index is 12.3. The standard InChI is InChI=1S/C18H16BrN3O3S2/c1-2-25-13-6-4-3-5-11(13)17(24)20-9-16(23)22-18-21-12(10-26-18)14-7-8-15(19)27-14/h3-8,10H,2,9H2,1H3,(H,20,24)(H,21,22,23). The molecule has 0 aliphatic heterocycles. The Morgan fingerprint density at radius 3 is 2.78 bits per heavy atom. The Morgan fingerprint density at radius 2 is 2.04 bits per heavy atom. The highest BCUT2D eigenvalue weighted by molar-refractivity contribution is 9.11. The van der Waals surface area contributed by atoms with Crippen LogP contribution in [0.15, 0.2) is 45.6 Å². The number of carbonyl (C=O) groups is 2. The van der Waals surface area contributed by atoms with E-state index < -0.39 is 0 Å². The van der Waals surface area contributed by atoms with Crippen LogP contribution >= 0.6 is 38.6 Å². The second-order valence-corrected chi connectivity index (χ2v) is 8.62. The topological polar surface area (TPSA) is 80.3 Å². The van der Waals surface area contributed by atoms with Crippen LogP contribution in [0.1, 0.15) is 17.3 Å². The predicted octanol–water partition coefficient (Wildman–Crippen LogP) is 4.40. The van der Waals surface area contributed by atoms with Crippen LogP contribution in [0.4, 0.5) is 5.13 Å². The molecule has 6 nitrogen and oxygen atoms in total. The molecule has 27 heavy (non-hydrogen) atoms. The molecule has 3 aromatic rings. The molecule has 0 saturated heterocycles. The van der Waals surface area contributed by atoms with Crippen molar-refractivity contribution < 1.29 is 14.3 Å². The lowest BCUT2D eigenvalue weighted by atomic mass is 10.2. The monoisotopic (exact) mass is 465 g/mol. The first kappa shape index (κ1) is 19.5. The molecule has 2 aromatic heterocycles. The van der Waals surface area contributed by atoms with Gasteiger partial charge in [0.15, 0.2) is 5.13 Å². The molecule has 0 radical (unpaired) electrons. The molecule has 1 aromatic carbocycles. The third-order valence-electron chi connectivity index (χ3n) is 3.42. The summed E-state index contributed by atoms with van der Waals surface area (Å²) < 4.78 is 6.45. The van der Waals surface area contributed by atoms with Crippen molar-refractivity contribution in [1.82, 2.24) is 10.3 Å². The average molecular weight is 466 g/mol. The van der Waals surface area contributed by atoms with Gasteiger partial charge in [-0.05, 0) is 47.1 Å². The van der Waals surface area contributed by atoms with Crippen LogP contribution in [0, 0.1) is 0 Å². The molecule has 0 aliphatic carbocycles. The number of rotatable bonds is 7. The summed E-state index contributed by atoms with van der Waals surface area (Å²) in [7, 11) is 0. The minimum Gasteiger partial charge on any atom is -0.493 e. The zero-order chi connectivity index (χ0) is 19.2. The van der Waals surface area contributed by atoms with Crippen LogP contribution in [-0.4, -0.2) is 29.9 Å². The van der Waals surface area contributed by atoms with Gasteiger partial charge in [-0.15, -0.1) is 22.7 Å². The van der Waals surface area contributed by atoms with Crippen molar-refractivity contribution in [2.45, 2.75) is 6.92 Å². The summed E-state index contributed by atoms with van der Waals surface area (Å²) in [6, 6.07) is 10.8. The van der Waals surface area contributed by atoms with E-state index in [-0.39, 0.29) is 18.4 Å². The molecule has 0 fully saturated rings. The number of amides is 2. The average Bonchev–Trinajstić information content (AvgIpc) is 3.29. The van der Waals surface area contributed by atoms with Gasteiger partial charge in [-0.2, -0.15) is 0 Å². The predicted molar refractivity (Wildman–Crippen MR) is 112 cm³/mol. The molecule has 2 amide bonds. The van der Waals surface area contributed by atoms with Crippen molar-refractivity contribution in [2.75, 3.05) is 18.5 Å². The van der Waals surface area contributed by atoms with E-state index in [1.807, 2.05) is 24.4 Å². The number of nitrogens with one attached hydrogen (secondary N) is 2. The summed E-state index contributed by atoms with van der Waals surface area (Å²) in [6.07, 6.45) is 0. The third-order valence-corrected chi connectivity index (χ3v) is 5.82. The van der Waals surface area contributed by atoms with E-state index in [0.717, 1.165) is 14.4 Å². The number of halogens is 1. The molecule has 0 atom stereocenters. The van der Waals surface area contributed by atoms with Gasteiger partial charge in [0.25, 0.3) is 5.91 Å². The molecule has 0 saturated carbocycles. The summed E-state index contributed by atoms with van der Waals surface area (Å²) in [5.74, 6) is -0.215. The van der Waals surface area contributed by atoms with E-state index >= 15 is 0 Å². The van der Waals surface area contributed by atoms with Gasteiger partial charge in [-0.3, -0.25) is 9.59 Å². The first-order valence-electron chi connectivity index (χ1n) is 8.08. The quantitative estimate of drug-likeness (QED) is 0.541. The van der Waals surface area contributed by atoms with Crippen LogP contribution in [0.2, 0.25) is 0 Å². The van der Waals surface area contributed by atoms with Crippen molar-refractivity contribution in [3.05, 3.63) is 51.1 Å². The van der Waals surface area contributed by atoms with Crippen molar-refractivity contribution in [3.63, 3.8) is 0 Å². The molecular weight excluding hydrogens is 450 g/mol. The number of anilines is 1. The Balaban J connectivity index is 1.56. The minimum atomic E-state index is -0.363. The van der Waals surface area contributed by atoms with Gasteiger partial charge in [0.1, 0.15) is 5.75 Å². The zero-order valence-corrected chi connectivity index (χ0v) is 17.5. The molecular formula is C18H16BrN3O3S2. The minimum absolute atomic E-state index is 0.154. The van der Waals surface area contributed by atoms with Crippen molar-refractivity contribution in [1.29, 1.82) is 0 Å². The third kappa shape index (κ3) is 5.15. The van der Waals surface area contributed by atoms with Gasteiger partial charge in [0, 0.05) is 5.38 Å². The van der Waals surface area contributed by atoms with E-state index in [0.29, 0.717) is 23.1 Å². The lowest BCUT2D eigenvalue weighted by molar-refractivity contribution is -0.115. The first-order chi connectivity index (χ1) is 13.1. The lowest BCUT2D eigenvalue weighted by Gasteiger charge is -2.10. The summed E-state index contributed by atoms with van der Waals surface area (Å²) in [5.41, 5.74) is 1.20. The molecule has 2 heterocycles. The van der Waals surface area contributed by atoms with Gasteiger partial charge in [0.2, 0.25) is 5.91 Å². The summed E-state index contributed by atoms with van der Waals surface area (Å²) in [4.78, 5) is 29.8. The van der Waals surface area contributed by atoms with Crippen LogP contribution in [0.3, 0.4) is 0 Å². The number of hydrogen-bond acceptors (Lipinski definition) is 6. The number of para-hydroxylation sites is 1. The van der Waals surface area contributed by atoms with Crippen molar-refractivity contribution in [2.24, 2.45) is 0 Å². The Bertz CT molecular complexity index is 955. The molecule has 0 aliphatic rings.